The van der Waals surface area contributed by atoms with Gasteiger partial charge in [-0.1, -0.05) is 12.1 Å². The van der Waals surface area contributed by atoms with Gasteiger partial charge in [-0.2, -0.15) is 13.2 Å². The normalized spacial score (nSPS) is 14.2. The number of rotatable bonds is 5. The summed E-state index contributed by atoms with van der Waals surface area (Å²) in [6, 6.07) is 4.64. The van der Waals surface area contributed by atoms with Gasteiger partial charge < -0.3 is 15.2 Å². The molecule has 0 aliphatic carbocycles. The number of benzene rings is 1. The summed E-state index contributed by atoms with van der Waals surface area (Å²) in [4.78, 5) is 0. The minimum atomic E-state index is -4.80. The largest absolute Gasteiger partial charge is 0.573 e. The first-order chi connectivity index (χ1) is 9.08. The van der Waals surface area contributed by atoms with Crippen LogP contribution < -0.4 is 10.1 Å². The zero-order valence-corrected chi connectivity index (χ0v) is 9.92. The van der Waals surface area contributed by atoms with Crippen LogP contribution in [0.1, 0.15) is 5.56 Å². The second-order valence-corrected chi connectivity index (χ2v) is 3.88. The van der Waals surface area contributed by atoms with Gasteiger partial charge in [-0.3, -0.25) is 0 Å². The van der Waals surface area contributed by atoms with E-state index in [1.54, 1.807) is 0 Å². The van der Waals surface area contributed by atoms with Crippen LogP contribution in [0.2, 0.25) is 0 Å². The van der Waals surface area contributed by atoms with E-state index in [1.165, 1.54) is 12.1 Å². The molecule has 1 aromatic rings. The fourth-order valence-corrected chi connectivity index (χ4v) is 1.28. The average molecular weight is 303 g/mol. The molecule has 3 nitrogen and oxygen atoms in total. The molecule has 0 saturated carbocycles. The Balaban J connectivity index is 2.43. The molecule has 0 aliphatic rings. The van der Waals surface area contributed by atoms with Crippen LogP contribution in [0.4, 0.5) is 26.3 Å². The van der Waals surface area contributed by atoms with Gasteiger partial charge in [0.05, 0.1) is 0 Å². The Bertz CT molecular complexity index is 414. The first kappa shape index (κ1) is 16.6. The predicted molar refractivity (Wildman–Crippen MR) is 56.9 cm³/mol. The molecule has 9 heteroatoms. The molecule has 1 aromatic carbocycles. The molecule has 0 saturated heterocycles. The number of aliphatic hydroxyl groups is 1. The zero-order valence-electron chi connectivity index (χ0n) is 9.92. The van der Waals surface area contributed by atoms with E-state index in [-0.39, 0.29) is 6.54 Å². The van der Waals surface area contributed by atoms with E-state index < -0.39 is 30.9 Å². The van der Waals surface area contributed by atoms with Crippen LogP contribution in [-0.4, -0.2) is 30.3 Å². The molecule has 0 amide bonds. The van der Waals surface area contributed by atoms with Crippen molar-refractivity contribution < 1.29 is 36.2 Å². The van der Waals surface area contributed by atoms with Gasteiger partial charge in [-0.05, 0) is 17.7 Å². The Morgan fingerprint density at radius 3 is 2.05 bits per heavy atom. The lowest BCUT2D eigenvalue weighted by Gasteiger charge is -2.15. The van der Waals surface area contributed by atoms with E-state index in [4.69, 9.17) is 5.11 Å². The standard InChI is InChI=1S/C11H11F6NO2/c12-10(13,14)9(19)6-18-5-7-1-3-8(4-2-7)20-11(15,16)17/h1-4,9,18-19H,5-6H2. The first-order valence-electron chi connectivity index (χ1n) is 5.38. The van der Waals surface area contributed by atoms with E-state index in [2.05, 4.69) is 10.1 Å². The third-order valence-electron chi connectivity index (χ3n) is 2.20. The SMILES string of the molecule is OC(CNCc1ccc(OC(F)(F)F)cc1)C(F)(F)F. The van der Waals surface area contributed by atoms with Crippen molar-refractivity contribution in [3.8, 4) is 5.75 Å². The Morgan fingerprint density at radius 2 is 1.60 bits per heavy atom. The van der Waals surface area contributed by atoms with E-state index in [1.807, 2.05) is 0 Å². The monoisotopic (exact) mass is 303 g/mol. The summed E-state index contributed by atoms with van der Waals surface area (Å²) >= 11 is 0. The summed E-state index contributed by atoms with van der Waals surface area (Å²) in [5.41, 5.74) is 0.453. The molecule has 20 heavy (non-hydrogen) atoms. The highest BCUT2D eigenvalue weighted by atomic mass is 19.4. The zero-order chi connectivity index (χ0) is 15.4. The van der Waals surface area contributed by atoms with Crippen LogP contribution >= 0.6 is 0 Å². The van der Waals surface area contributed by atoms with Crippen LogP contribution in [0.5, 0.6) is 5.75 Å². The fourth-order valence-electron chi connectivity index (χ4n) is 1.28. The molecule has 0 aromatic heterocycles. The Hall–Kier alpha value is -1.48. The number of aliphatic hydroxyl groups excluding tert-OH is 1. The number of alkyl halides is 6. The summed E-state index contributed by atoms with van der Waals surface area (Å²) in [5, 5.41) is 11.0. The van der Waals surface area contributed by atoms with Crippen molar-refractivity contribution in [2.75, 3.05) is 6.54 Å². The Kier molecular flexibility index (Phi) is 5.23. The Labute approximate surface area is 110 Å². The molecule has 0 aliphatic heterocycles. The molecule has 0 heterocycles. The third kappa shape index (κ3) is 6.11. The van der Waals surface area contributed by atoms with E-state index in [9.17, 15) is 26.3 Å². The number of hydrogen-bond donors (Lipinski definition) is 2. The second kappa shape index (κ2) is 6.31. The van der Waals surface area contributed by atoms with Crippen molar-refractivity contribution in [1.82, 2.24) is 5.32 Å². The number of hydrogen-bond acceptors (Lipinski definition) is 3. The lowest BCUT2D eigenvalue weighted by molar-refractivity contribution is -0.274. The summed E-state index contributed by atoms with van der Waals surface area (Å²) in [5.74, 6) is -0.420. The smallest absolute Gasteiger partial charge is 0.406 e. The number of ether oxygens (including phenoxy) is 1. The molecule has 0 spiro atoms. The summed E-state index contributed by atoms with van der Waals surface area (Å²) < 4.78 is 75.2. The molecule has 0 bridgehead atoms. The van der Waals surface area contributed by atoms with Crippen molar-refractivity contribution in [1.29, 1.82) is 0 Å². The highest BCUT2D eigenvalue weighted by molar-refractivity contribution is 5.27. The van der Waals surface area contributed by atoms with Gasteiger partial charge in [0.1, 0.15) is 5.75 Å². The van der Waals surface area contributed by atoms with Crippen LogP contribution in [0, 0.1) is 0 Å². The average Bonchev–Trinajstić information content (AvgIpc) is 2.28. The predicted octanol–water partition coefficient (Wildman–Crippen LogP) is 2.60. The topological polar surface area (TPSA) is 41.5 Å². The summed E-state index contributed by atoms with van der Waals surface area (Å²) in [6.07, 6.45) is -12.0. The van der Waals surface area contributed by atoms with Crippen LogP contribution in [0.25, 0.3) is 0 Å². The first-order valence-corrected chi connectivity index (χ1v) is 5.38. The van der Waals surface area contributed by atoms with Gasteiger partial charge in [-0.25, -0.2) is 0 Å². The third-order valence-corrected chi connectivity index (χ3v) is 2.20. The molecule has 1 unspecified atom stereocenters. The second-order valence-electron chi connectivity index (χ2n) is 3.88. The van der Waals surface area contributed by atoms with Gasteiger partial charge in [0, 0.05) is 13.1 Å². The van der Waals surface area contributed by atoms with Crippen LogP contribution in [0.3, 0.4) is 0 Å². The minimum Gasteiger partial charge on any atom is -0.406 e. The van der Waals surface area contributed by atoms with Crippen molar-refractivity contribution in [3.05, 3.63) is 29.8 Å². The highest BCUT2D eigenvalue weighted by Gasteiger charge is 2.37. The van der Waals surface area contributed by atoms with Crippen molar-refractivity contribution in [2.45, 2.75) is 25.2 Å². The van der Waals surface area contributed by atoms with Crippen molar-refractivity contribution in [3.63, 3.8) is 0 Å². The van der Waals surface area contributed by atoms with Crippen LogP contribution in [0.15, 0.2) is 24.3 Å². The van der Waals surface area contributed by atoms with E-state index in [0.717, 1.165) is 12.1 Å². The molecular formula is C11H11F6NO2. The summed E-state index contributed by atoms with van der Waals surface area (Å²) in [6.45, 7) is -0.732. The maximum Gasteiger partial charge on any atom is 0.573 e. The molecule has 1 rings (SSSR count). The minimum absolute atomic E-state index is 0.0283. The van der Waals surface area contributed by atoms with Gasteiger partial charge in [0.15, 0.2) is 6.10 Å². The summed E-state index contributed by atoms with van der Waals surface area (Å²) in [7, 11) is 0. The van der Waals surface area contributed by atoms with E-state index >= 15 is 0 Å². The molecule has 0 radical (unpaired) electrons. The number of halogens is 6. The van der Waals surface area contributed by atoms with Gasteiger partial charge in [0.25, 0.3) is 0 Å². The quantitative estimate of drug-likeness (QED) is 0.822. The molecule has 114 valence electrons. The van der Waals surface area contributed by atoms with Crippen LogP contribution in [-0.2, 0) is 6.54 Å². The molecule has 1 atom stereocenters. The van der Waals surface area contributed by atoms with Gasteiger partial charge in [0.2, 0.25) is 0 Å². The van der Waals surface area contributed by atoms with Crippen molar-refractivity contribution >= 4 is 0 Å². The maximum atomic E-state index is 12.0. The Morgan fingerprint density at radius 1 is 1.05 bits per heavy atom. The van der Waals surface area contributed by atoms with Crippen molar-refractivity contribution in [2.24, 2.45) is 0 Å². The van der Waals surface area contributed by atoms with E-state index in [0.29, 0.717) is 5.56 Å². The molecular weight excluding hydrogens is 292 g/mol. The van der Waals surface area contributed by atoms with Gasteiger partial charge >= 0.3 is 12.5 Å². The lowest BCUT2D eigenvalue weighted by Crippen LogP contribution is -2.38. The number of nitrogens with one attached hydrogen (secondary N) is 1. The fraction of sp³-hybridized carbons (Fsp3) is 0.455. The lowest BCUT2D eigenvalue weighted by atomic mass is 10.2. The van der Waals surface area contributed by atoms with Gasteiger partial charge in [-0.15, -0.1) is 13.2 Å². The highest BCUT2D eigenvalue weighted by Crippen LogP contribution is 2.23. The molecule has 0 fully saturated rings. The molecule has 2 N–H and O–H groups in total. The maximum absolute atomic E-state index is 12.0.